The number of aliphatic hydroxyl groups is 3. The predicted molar refractivity (Wildman–Crippen MR) is 113 cm³/mol. The van der Waals surface area contributed by atoms with Crippen LogP contribution in [0.2, 0.25) is 0 Å². The summed E-state index contributed by atoms with van der Waals surface area (Å²) < 4.78 is 14.6. The molecule has 4 rings (SSSR count). The maximum absolute atomic E-state index is 12.6. The third-order valence-electron chi connectivity index (χ3n) is 5.82. The number of carbonyl (C=O) groups excluding carboxylic acids is 1. The third kappa shape index (κ3) is 3.99. The van der Waals surface area contributed by atoms with Crippen LogP contribution in [0.5, 0.6) is 0 Å². The first-order valence-electron chi connectivity index (χ1n) is 10.3. The zero-order valence-electron chi connectivity index (χ0n) is 18.1. The van der Waals surface area contributed by atoms with Crippen LogP contribution in [0.15, 0.2) is 39.8 Å². The fraction of sp³-hybridized carbons (Fsp3) is 0.500. The van der Waals surface area contributed by atoms with Gasteiger partial charge in [0.05, 0.1) is 31.6 Å². The van der Waals surface area contributed by atoms with E-state index in [9.17, 15) is 29.7 Å². The van der Waals surface area contributed by atoms with Crippen LogP contribution >= 0.6 is 0 Å². The molecule has 0 saturated carbocycles. The Bertz CT molecular complexity index is 1240. The Labute approximate surface area is 187 Å². The summed E-state index contributed by atoms with van der Waals surface area (Å²) in [5.74, 6) is -0.596. The molecule has 0 amide bonds. The minimum absolute atomic E-state index is 0.0504. The van der Waals surface area contributed by atoms with Gasteiger partial charge in [0.15, 0.2) is 17.4 Å². The molecule has 13 heteroatoms. The molecular weight excluding hydrogens is 438 g/mol. The van der Waals surface area contributed by atoms with Crippen molar-refractivity contribution in [2.75, 3.05) is 19.8 Å². The van der Waals surface area contributed by atoms with Gasteiger partial charge in [-0.3, -0.25) is 13.9 Å². The van der Waals surface area contributed by atoms with Crippen molar-refractivity contribution >= 4 is 17.1 Å². The molecule has 4 heterocycles. The Morgan fingerprint density at radius 3 is 2.70 bits per heavy atom. The van der Waals surface area contributed by atoms with Gasteiger partial charge in [0.1, 0.15) is 24.9 Å². The lowest BCUT2D eigenvalue weighted by molar-refractivity contribution is -0.140. The Balaban J connectivity index is 1.39. The van der Waals surface area contributed by atoms with E-state index in [1.807, 2.05) is 0 Å². The summed E-state index contributed by atoms with van der Waals surface area (Å²) in [6.07, 6.45) is 1.82. The molecule has 3 N–H and O–H groups in total. The summed E-state index contributed by atoms with van der Waals surface area (Å²) in [5, 5.41) is 29.4. The van der Waals surface area contributed by atoms with Gasteiger partial charge < -0.3 is 34.3 Å². The zero-order valence-corrected chi connectivity index (χ0v) is 18.1. The van der Waals surface area contributed by atoms with Crippen molar-refractivity contribution < 1.29 is 29.6 Å². The largest absolute Gasteiger partial charge is 0.460 e. The number of fused-ring (bicyclic) bond motifs is 1. The molecule has 2 aliphatic heterocycles. The van der Waals surface area contributed by atoms with Crippen molar-refractivity contribution in [1.82, 2.24) is 23.6 Å². The highest BCUT2D eigenvalue weighted by atomic mass is 16.6. The molecule has 0 bridgehead atoms. The standard InChI is InChI=1S/C20H25N5O8/c1-22-16-13(17(29)23(2)20(22)31)25(10-21-16)6-7-32-19(30)11-4-3-5-24(8-11)18-15(28)14(27)12(9-26)33-18/h3-5,10,12,14-15,18,26-28H,6-9H2,1-2H3/t12-,14-,15-,18-/m1/s1. The van der Waals surface area contributed by atoms with Gasteiger partial charge in [-0.1, -0.05) is 0 Å². The lowest BCUT2D eigenvalue weighted by Gasteiger charge is -2.31. The highest BCUT2D eigenvalue weighted by Gasteiger charge is 2.45. The molecular formula is C20H25N5O8. The summed E-state index contributed by atoms with van der Waals surface area (Å²) in [5.41, 5.74) is -0.217. The second-order valence-electron chi connectivity index (χ2n) is 7.89. The molecule has 0 aliphatic carbocycles. The SMILES string of the molecule is Cn1c(=O)c2c(ncn2CCOC(=O)C2=CC=CN([C@@H]3O[C@H](CO)[C@@H](O)[C@H]3O)C2)n(C)c1=O. The van der Waals surface area contributed by atoms with E-state index in [4.69, 9.17) is 9.47 Å². The highest BCUT2D eigenvalue weighted by molar-refractivity contribution is 5.89. The predicted octanol–water partition coefficient (Wildman–Crippen LogP) is -2.83. The van der Waals surface area contributed by atoms with Crippen molar-refractivity contribution in [3.8, 4) is 0 Å². The molecule has 178 valence electrons. The van der Waals surface area contributed by atoms with Gasteiger partial charge in [0.2, 0.25) is 0 Å². The number of ether oxygens (including phenoxy) is 2. The smallest absolute Gasteiger partial charge is 0.335 e. The van der Waals surface area contributed by atoms with Crippen molar-refractivity contribution in [2.45, 2.75) is 31.1 Å². The Kier molecular flexibility index (Phi) is 6.21. The molecule has 33 heavy (non-hydrogen) atoms. The van der Waals surface area contributed by atoms with E-state index < -0.39 is 48.4 Å². The van der Waals surface area contributed by atoms with Gasteiger partial charge in [-0.2, -0.15) is 0 Å². The molecule has 4 atom stereocenters. The van der Waals surface area contributed by atoms with E-state index in [2.05, 4.69) is 4.98 Å². The topological polar surface area (TPSA) is 161 Å². The minimum Gasteiger partial charge on any atom is -0.460 e. The van der Waals surface area contributed by atoms with E-state index in [1.54, 1.807) is 18.4 Å². The number of imidazole rings is 1. The molecule has 2 aliphatic rings. The first-order chi connectivity index (χ1) is 15.7. The molecule has 2 aromatic rings. The van der Waals surface area contributed by atoms with Crippen molar-refractivity contribution in [2.24, 2.45) is 14.1 Å². The molecule has 13 nitrogen and oxygen atoms in total. The summed E-state index contributed by atoms with van der Waals surface area (Å²) in [6.45, 7) is -0.279. The number of allylic oxidation sites excluding steroid dienone is 2. The maximum Gasteiger partial charge on any atom is 0.335 e. The minimum atomic E-state index is -1.25. The number of hydrogen-bond acceptors (Lipinski definition) is 10. The molecule has 1 fully saturated rings. The van der Waals surface area contributed by atoms with Gasteiger partial charge in [-0.25, -0.2) is 14.6 Å². The number of esters is 1. The highest BCUT2D eigenvalue weighted by Crippen LogP contribution is 2.26. The molecule has 2 aromatic heterocycles. The van der Waals surface area contributed by atoms with Gasteiger partial charge in [-0.05, 0) is 12.2 Å². The summed E-state index contributed by atoms with van der Waals surface area (Å²) >= 11 is 0. The van der Waals surface area contributed by atoms with Crippen LogP contribution in [-0.4, -0.2) is 89.2 Å². The summed E-state index contributed by atoms with van der Waals surface area (Å²) in [4.78, 5) is 42.7. The van der Waals surface area contributed by atoms with E-state index in [-0.39, 0.29) is 30.9 Å². The third-order valence-corrected chi connectivity index (χ3v) is 5.82. The number of hydrogen-bond donors (Lipinski definition) is 3. The normalized spacial score (nSPS) is 25.0. The fourth-order valence-electron chi connectivity index (χ4n) is 3.93. The molecule has 1 saturated heterocycles. The van der Waals surface area contributed by atoms with E-state index in [1.165, 1.54) is 34.5 Å². The van der Waals surface area contributed by atoms with Crippen molar-refractivity contribution in [3.63, 3.8) is 0 Å². The first kappa shape index (κ1) is 22.9. The molecule has 0 radical (unpaired) electrons. The van der Waals surface area contributed by atoms with Crippen LogP contribution in [0.4, 0.5) is 0 Å². The van der Waals surface area contributed by atoms with Crippen LogP contribution in [0.3, 0.4) is 0 Å². The van der Waals surface area contributed by atoms with Crippen molar-refractivity contribution in [1.29, 1.82) is 0 Å². The monoisotopic (exact) mass is 463 g/mol. The van der Waals surface area contributed by atoms with Crippen LogP contribution < -0.4 is 11.2 Å². The van der Waals surface area contributed by atoms with Crippen LogP contribution in [0.25, 0.3) is 11.2 Å². The average Bonchev–Trinajstić information content (AvgIpc) is 3.37. The summed E-state index contributed by atoms with van der Waals surface area (Å²) in [7, 11) is 2.89. The van der Waals surface area contributed by atoms with Gasteiger partial charge in [-0.15, -0.1) is 0 Å². The van der Waals surface area contributed by atoms with Gasteiger partial charge in [0, 0.05) is 20.3 Å². The maximum atomic E-state index is 12.6. The first-order valence-corrected chi connectivity index (χ1v) is 10.3. The molecule has 0 aromatic carbocycles. The number of aromatic nitrogens is 4. The lowest BCUT2D eigenvalue weighted by atomic mass is 10.1. The quantitative estimate of drug-likeness (QED) is 0.381. The zero-order chi connectivity index (χ0) is 23.9. The second kappa shape index (κ2) is 8.94. The number of aliphatic hydroxyl groups excluding tert-OH is 3. The number of carbonyl (C=O) groups is 1. The van der Waals surface area contributed by atoms with Gasteiger partial charge in [0.25, 0.3) is 5.56 Å². The van der Waals surface area contributed by atoms with E-state index in [0.29, 0.717) is 5.57 Å². The van der Waals surface area contributed by atoms with Crippen molar-refractivity contribution in [3.05, 3.63) is 51.1 Å². The lowest BCUT2D eigenvalue weighted by Crippen LogP contribution is -2.43. The average molecular weight is 463 g/mol. The Hall–Kier alpha value is -3.26. The fourth-order valence-corrected chi connectivity index (χ4v) is 3.93. The number of aryl methyl sites for hydroxylation is 1. The van der Waals surface area contributed by atoms with Crippen LogP contribution in [-0.2, 0) is 34.9 Å². The van der Waals surface area contributed by atoms with Crippen LogP contribution in [0.1, 0.15) is 0 Å². The molecule has 0 spiro atoms. The Morgan fingerprint density at radius 2 is 2.00 bits per heavy atom. The Morgan fingerprint density at radius 1 is 1.24 bits per heavy atom. The van der Waals surface area contributed by atoms with E-state index in [0.717, 1.165) is 4.57 Å². The van der Waals surface area contributed by atoms with Crippen LogP contribution in [0, 0.1) is 0 Å². The van der Waals surface area contributed by atoms with Gasteiger partial charge >= 0.3 is 11.7 Å². The summed E-state index contributed by atoms with van der Waals surface area (Å²) in [6, 6.07) is 0. The molecule has 0 unspecified atom stereocenters. The number of rotatable bonds is 6. The van der Waals surface area contributed by atoms with E-state index >= 15 is 0 Å². The number of nitrogens with zero attached hydrogens (tertiary/aromatic N) is 5. The second-order valence-corrected chi connectivity index (χ2v) is 7.89.